The maximum Gasteiger partial charge on any atom is 0.237 e. The first-order valence-corrected chi connectivity index (χ1v) is 10.3. The Morgan fingerprint density at radius 3 is 2.26 bits per heavy atom. The highest BCUT2D eigenvalue weighted by atomic mass is 32.2. The summed E-state index contributed by atoms with van der Waals surface area (Å²) in [6, 6.07) is -0.0217. The van der Waals surface area contributed by atoms with Gasteiger partial charge in [-0.15, -0.1) is 0 Å². The van der Waals surface area contributed by atoms with Crippen molar-refractivity contribution in [2.45, 2.75) is 50.4 Å². The van der Waals surface area contributed by atoms with Gasteiger partial charge < -0.3 is 14.4 Å². The lowest BCUT2D eigenvalue weighted by atomic mass is 10.0. The average molecular weight is 346 g/mol. The maximum atomic E-state index is 12.6. The van der Waals surface area contributed by atoms with E-state index < -0.39 is 15.8 Å². The minimum Gasteiger partial charge on any atom is -0.347 e. The molecule has 1 amide bonds. The molecule has 0 radical (unpaired) electrons. The van der Waals surface area contributed by atoms with Gasteiger partial charge in [-0.2, -0.15) is 4.31 Å². The molecule has 7 nitrogen and oxygen atoms in total. The summed E-state index contributed by atoms with van der Waals surface area (Å²) in [5, 5.41) is 0. The van der Waals surface area contributed by atoms with E-state index in [0.717, 1.165) is 25.7 Å². The second-order valence-electron chi connectivity index (χ2n) is 6.73. The fourth-order valence-corrected chi connectivity index (χ4v) is 4.92. The lowest BCUT2D eigenvalue weighted by molar-refractivity contribution is -0.187. The zero-order valence-electron chi connectivity index (χ0n) is 13.7. The summed E-state index contributed by atoms with van der Waals surface area (Å²) in [7, 11) is -3.37. The third-order valence-corrected chi connectivity index (χ3v) is 6.42. The highest BCUT2D eigenvalue weighted by Gasteiger charge is 2.41. The molecule has 8 heteroatoms. The summed E-state index contributed by atoms with van der Waals surface area (Å²) in [5.41, 5.74) is 0. The molecule has 0 aromatic rings. The molecule has 2 saturated heterocycles. The largest absolute Gasteiger partial charge is 0.347 e. The first-order chi connectivity index (χ1) is 10.9. The second-order valence-corrected chi connectivity index (χ2v) is 8.67. The van der Waals surface area contributed by atoms with Gasteiger partial charge in [-0.1, -0.05) is 12.8 Å². The van der Waals surface area contributed by atoms with E-state index >= 15 is 0 Å². The molecule has 0 aromatic carbocycles. The van der Waals surface area contributed by atoms with Crippen LogP contribution in [0.4, 0.5) is 0 Å². The zero-order chi connectivity index (χ0) is 16.5. The van der Waals surface area contributed by atoms with Crippen molar-refractivity contribution in [3.63, 3.8) is 0 Å². The number of rotatable bonds is 4. The number of amides is 1. The number of carbonyl (C=O) groups is 1. The van der Waals surface area contributed by atoms with Gasteiger partial charge in [0, 0.05) is 32.0 Å². The topological polar surface area (TPSA) is 76.2 Å². The molecule has 2 heterocycles. The number of sulfonamides is 1. The Kier molecular flexibility index (Phi) is 4.96. The van der Waals surface area contributed by atoms with E-state index in [0.29, 0.717) is 39.1 Å². The van der Waals surface area contributed by atoms with Gasteiger partial charge in [-0.3, -0.25) is 4.79 Å². The van der Waals surface area contributed by atoms with E-state index in [-0.39, 0.29) is 18.5 Å². The highest BCUT2D eigenvalue weighted by molar-refractivity contribution is 7.88. The molecule has 1 aliphatic carbocycles. The second kappa shape index (κ2) is 6.66. The summed E-state index contributed by atoms with van der Waals surface area (Å²) < 4.78 is 36.8. The number of carbonyl (C=O) groups excluding carboxylic acids is 1. The van der Waals surface area contributed by atoms with Crippen LogP contribution in [0.1, 0.15) is 38.5 Å². The third-order valence-electron chi connectivity index (χ3n) is 5.14. The van der Waals surface area contributed by atoms with Gasteiger partial charge in [-0.05, 0) is 12.8 Å². The number of hydrogen-bond donors (Lipinski definition) is 0. The summed E-state index contributed by atoms with van der Waals surface area (Å²) in [6.45, 7) is 2.29. The van der Waals surface area contributed by atoms with Crippen LogP contribution in [0, 0.1) is 0 Å². The zero-order valence-corrected chi connectivity index (χ0v) is 14.5. The van der Waals surface area contributed by atoms with Gasteiger partial charge in [0.15, 0.2) is 5.79 Å². The first-order valence-electron chi connectivity index (χ1n) is 8.42. The molecule has 3 rings (SSSR count). The van der Waals surface area contributed by atoms with Gasteiger partial charge in [0.05, 0.1) is 26.0 Å². The average Bonchev–Trinajstić information content (AvgIpc) is 3.16. The van der Waals surface area contributed by atoms with Crippen LogP contribution in [0.25, 0.3) is 0 Å². The van der Waals surface area contributed by atoms with Gasteiger partial charge in [0.25, 0.3) is 0 Å². The molecular weight excluding hydrogens is 320 g/mol. The number of hydrogen-bond acceptors (Lipinski definition) is 5. The van der Waals surface area contributed by atoms with Crippen LogP contribution in [-0.2, 0) is 24.3 Å². The van der Waals surface area contributed by atoms with Crippen LogP contribution < -0.4 is 0 Å². The quantitative estimate of drug-likeness (QED) is 0.743. The van der Waals surface area contributed by atoms with Crippen molar-refractivity contribution in [1.82, 2.24) is 9.21 Å². The molecule has 0 unspecified atom stereocenters. The Morgan fingerprint density at radius 1 is 1.17 bits per heavy atom. The van der Waals surface area contributed by atoms with Crippen LogP contribution in [0.2, 0.25) is 0 Å². The standard InChI is InChI=1S/C15H26N2O5S/c1-23(19,20)17(13-4-2-3-5-13)12-14(18)16-8-6-15(7-9-16)21-10-11-22-15/h13H,2-12H2,1H3. The van der Waals surface area contributed by atoms with Crippen LogP contribution in [0.3, 0.4) is 0 Å². The van der Waals surface area contributed by atoms with Gasteiger partial charge in [0.2, 0.25) is 15.9 Å². The minimum absolute atomic E-state index is 0.0217. The van der Waals surface area contributed by atoms with Crippen molar-refractivity contribution < 1.29 is 22.7 Å². The predicted octanol–water partition coefficient (Wildman–Crippen LogP) is 0.556. The third kappa shape index (κ3) is 3.87. The minimum atomic E-state index is -3.37. The molecule has 1 saturated carbocycles. The van der Waals surface area contributed by atoms with Crippen LogP contribution in [-0.4, -0.2) is 74.5 Å². The smallest absolute Gasteiger partial charge is 0.237 e. The Bertz CT molecular complexity index is 528. The van der Waals surface area contributed by atoms with Crippen molar-refractivity contribution in [1.29, 1.82) is 0 Å². The summed E-state index contributed by atoms with van der Waals surface area (Å²) >= 11 is 0. The lowest BCUT2D eigenvalue weighted by Crippen LogP contribution is -2.51. The van der Waals surface area contributed by atoms with Crippen molar-refractivity contribution in [3.8, 4) is 0 Å². The van der Waals surface area contributed by atoms with E-state index in [4.69, 9.17) is 9.47 Å². The molecular formula is C15H26N2O5S. The molecule has 0 aromatic heterocycles. The number of likely N-dealkylation sites (tertiary alicyclic amines) is 1. The van der Waals surface area contributed by atoms with Gasteiger partial charge in [-0.25, -0.2) is 8.42 Å². The van der Waals surface area contributed by atoms with E-state index in [2.05, 4.69) is 0 Å². The van der Waals surface area contributed by atoms with Crippen molar-refractivity contribution in [2.75, 3.05) is 39.1 Å². The van der Waals surface area contributed by atoms with Crippen LogP contribution in [0.5, 0.6) is 0 Å². The first kappa shape index (κ1) is 17.1. The van der Waals surface area contributed by atoms with E-state index in [9.17, 15) is 13.2 Å². The van der Waals surface area contributed by atoms with Gasteiger partial charge in [0.1, 0.15) is 0 Å². The number of piperidine rings is 1. The van der Waals surface area contributed by atoms with Crippen LogP contribution in [0.15, 0.2) is 0 Å². The van der Waals surface area contributed by atoms with Crippen LogP contribution >= 0.6 is 0 Å². The predicted molar refractivity (Wildman–Crippen MR) is 84.3 cm³/mol. The molecule has 3 aliphatic rings. The summed E-state index contributed by atoms with van der Waals surface area (Å²) in [5.74, 6) is -0.631. The van der Waals surface area contributed by atoms with Crippen molar-refractivity contribution in [3.05, 3.63) is 0 Å². The Labute approximate surface area is 138 Å². The molecule has 0 bridgehead atoms. The maximum absolute atomic E-state index is 12.6. The summed E-state index contributed by atoms with van der Waals surface area (Å²) in [6.07, 6.45) is 6.28. The number of nitrogens with zero attached hydrogens (tertiary/aromatic N) is 2. The molecule has 1 spiro atoms. The fraction of sp³-hybridized carbons (Fsp3) is 0.933. The molecule has 2 aliphatic heterocycles. The van der Waals surface area contributed by atoms with Gasteiger partial charge >= 0.3 is 0 Å². The fourth-order valence-electron chi connectivity index (χ4n) is 3.83. The Morgan fingerprint density at radius 2 is 1.74 bits per heavy atom. The summed E-state index contributed by atoms with van der Waals surface area (Å²) in [4.78, 5) is 14.3. The molecule has 132 valence electrons. The molecule has 0 N–H and O–H groups in total. The molecule has 3 fully saturated rings. The number of ether oxygens (including phenoxy) is 2. The molecule has 0 atom stereocenters. The van der Waals surface area contributed by atoms with E-state index in [1.165, 1.54) is 10.6 Å². The van der Waals surface area contributed by atoms with E-state index in [1.807, 2.05) is 0 Å². The molecule has 23 heavy (non-hydrogen) atoms. The Hall–Kier alpha value is -0.700. The monoisotopic (exact) mass is 346 g/mol. The lowest BCUT2D eigenvalue weighted by Gasteiger charge is -2.38. The van der Waals surface area contributed by atoms with E-state index in [1.54, 1.807) is 4.90 Å². The Balaban J connectivity index is 1.59. The normalized spacial score (nSPS) is 25.6. The highest BCUT2D eigenvalue weighted by Crippen LogP contribution is 2.31. The SMILES string of the molecule is CS(=O)(=O)N(CC(=O)N1CCC2(CC1)OCCO2)C1CCCC1. The van der Waals surface area contributed by atoms with Crippen molar-refractivity contribution in [2.24, 2.45) is 0 Å². The van der Waals surface area contributed by atoms with Crippen molar-refractivity contribution >= 4 is 15.9 Å².